The molecule has 0 fully saturated rings. The van der Waals surface area contributed by atoms with Gasteiger partial charge in [0.2, 0.25) is 5.95 Å². The summed E-state index contributed by atoms with van der Waals surface area (Å²) in [6.07, 6.45) is 2.73. The fourth-order valence-corrected chi connectivity index (χ4v) is 2.88. The summed E-state index contributed by atoms with van der Waals surface area (Å²) in [5.41, 5.74) is 5.02. The van der Waals surface area contributed by atoms with E-state index in [1.807, 2.05) is 24.3 Å². The fraction of sp³-hybridized carbons (Fsp3) is 0.318. The molecule has 0 aliphatic carbocycles. The molecule has 0 bridgehead atoms. The Hall–Kier alpha value is -2.95. The summed E-state index contributed by atoms with van der Waals surface area (Å²) in [6.45, 7) is 10.5. The van der Waals surface area contributed by atoms with Crippen molar-refractivity contribution in [3.8, 4) is 11.4 Å². The van der Waals surface area contributed by atoms with Crippen molar-refractivity contribution in [2.45, 2.75) is 46.6 Å². The van der Waals surface area contributed by atoms with Crippen molar-refractivity contribution in [2.24, 2.45) is 0 Å². The molecular formula is C22H27N5. The second kappa shape index (κ2) is 7.74. The van der Waals surface area contributed by atoms with Gasteiger partial charge in [0.25, 0.3) is 0 Å². The molecule has 1 aromatic carbocycles. The molecular weight excluding hydrogens is 334 g/mol. The molecule has 5 nitrogen and oxygen atoms in total. The van der Waals surface area contributed by atoms with Gasteiger partial charge in [-0.25, -0.2) is 4.98 Å². The lowest BCUT2D eigenvalue weighted by atomic mass is 10.1. The number of para-hydroxylation sites is 1. The monoisotopic (exact) mass is 361 g/mol. The molecule has 0 aliphatic rings. The Morgan fingerprint density at radius 3 is 2.44 bits per heavy atom. The predicted octanol–water partition coefficient (Wildman–Crippen LogP) is 5.36. The molecule has 0 unspecified atom stereocenters. The summed E-state index contributed by atoms with van der Waals surface area (Å²) < 4.78 is 0. The predicted molar refractivity (Wildman–Crippen MR) is 112 cm³/mol. The molecule has 0 aliphatic heterocycles. The fourth-order valence-electron chi connectivity index (χ4n) is 2.88. The van der Waals surface area contributed by atoms with Crippen LogP contribution in [0.25, 0.3) is 11.4 Å². The first-order valence-electron chi connectivity index (χ1n) is 9.30. The topological polar surface area (TPSA) is 62.7 Å². The van der Waals surface area contributed by atoms with Gasteiger partial charge in [0, 0.05) is 23.5 Å². The van der Waals surface area contributed by atoms with Crippen LogP contribution in [0.4, 0.5) is 17.5 Å². The zero-order valence-corrected chi connectivity index (χ0v) is 16.7. The smallest absolute Gasteiger partial charge is 0.225 e. The summed E-state index contributed by atoms with van der Waals surface area (Å²) >= 11 is 0. The van der Waals surface area contributed by atoms with Gasteiger partial charge in [-0.05, 0) is 57.4 Å². The normalized spacial score (nSPS) is 11.3. The summed E-state index contributed by atoms with van der Waals surface area (Å²) in [5, 5.41) is 6.88. The first-order valence-corrected chi connectivity index (χ1v) is 9.30. The van der Waals surface area contributed by atoms with Crippen molar-refractivity contribution in [3.05, 3.63) is 59.8 Å². The maximum absolute atomic E-state index is 4.69. The summed E-state index contributed by atoms with van der Waals surface area (Å²) in [7, 11) is 0. The van der Waals surface area contributed by atoms with Gasteiger partial charge in [-0.3, -0.25) is 4.98 Å². The quantitative estimate of drug-likeness (QED) is 0.640. The van der Waals surface area contributed by atoms with E-state index in [1.165, 1.54) is 11.1 Å². The molecule has 0 saturated heterocycles. The number of anilines is 3. The van der Waals surface area contributed by atoms with E-state index in [-0.39, 0.29) is 5.54 Å². The molecule has 3 rings (SSSR count). The van der Waals surface area contributed by atoms with Crippen LogP contribution in [0.5, 0.6) is 0 Å². The first kappa shape index (κ1) is 18.8. The van der Waals surface area contributed by atoms with E-state index in [1.54, 1.807) is 6.20 Å². The van der Waals surface area contributed by atoms with Crippen molar-refractivity contribution in [3.63, 3.8) is 0 Å². The second-order valence-electron chi connectivity index (χ2n) is 7.64. The zero-order valence-electron chi connectivity index (χ0n) is 16.7. The molecule has 2 heterocycles. The average molecular weight is 361 g/mol. The van der Waals surface area contributed by atoms with Gasteiger partial charge >= 0.3 is 0 Å². The third-order valence-electron chi connectivity index (χ3n) is 4.13. The minimum Gasteiger partial charge on any atom is -0.350 e. The lowest BCUT2D eigenvalue weighted by Crippen LogP contribution is -2.27. The van der Waals surface area contributed by atoms with E-state index in [2.05, 4.69) is 73.4 Å². The zero-order chi connectivity index (χ0) is 19.4. The van der Waals surface area contributed by atoms with Gasteiger partial charge < -0.3 is 10.6 Å². The van der Waals surface area contributed by atoms with Gasteiger partial charge in [0.1, 0.15) is 5.82 Å². The van der Waals surface area contributed by atoms with Crippen molar-refractivity contribution in [1.29, 1.82) is 0 Å². The molecule has 2 N–H and O–H groups in total. The van der Waals surface area contributed by atoms with Crippen LogP contribution in [0.2, 0.25) is 0 Å². The van der Waals surface area contributed by atoms with Crippen molar-refractivity contribution >= 4 is 17.5 Å². The number of aryl methyl sites for hydroxylation is 2. The number of nitrogens with zero attached hydrogens (tertiary/aromatic N) is 3. The number of hydrogen-bond donors (Lipinski definition) is 2. The van der Waals surface area contributed by atoms with Crippen molar-refractivity contribution in [2.75, 3.05) is 10.6 Å². The lowest BCUT2D eigenvalue weighted by molar-refractivity contribution is 0.626. The maximum Gasteiger partial charge on any atom is 0.225 e. The summed E-state index contributed by atoms with van der Waals surface area (Å²) in [6, 6.07) is 14.1. The molecule has 0 spiro atoms. The highest BCUT2D eigenvalue weighted by atomic mass is 15.2. The molecule has 0 saturated carbocycles. The largest absolute Gasteiger partial charge is 0.350 e. The van der Waals surface area contributed by atoms with Crippen LogP contribution >= 0.6 is 0 Å². The Balaban J connectivity index is 2.05. The first-order chi connectivity index (χ1) is 12.9. The highest BCUT2D eigenvalue weighted by molar-refractivity contribution is 5.69. The van der Waals surface area contributed by atoms with Gasteiger partial charge in [0.05, 0.1) is 11.4 Å². The Morgan fingerprint density at radius 1 is 0.963 bits per heavy atom. The van der Waals surface area contributed by atoms with E-state index in [0.717, 1.165) is 29.3 Å². The SMILES string of the molecule is CCc1cccc(C)c1Nc1cc(-c2ccccn2)nc(NC(C)(C)C)n1. The average Bonchev–Trinajstić information content (AvgIpc) is 2.62. The van der Waals surface area contributed by atoms with E-state index < -0.39 is 0 Å². The van der Waals surface area contributed by atoms with Crippen LogP contribution in [0.1, 0.15) is 38.8 Å². The summed E-state index contributed by atoms with van der Waals surface area (Å²) in [4.78, 5) is 13.8. The minimum absolute atomic E-state index is 0.142. The highest BCUT2D eigenvalue weighted by Gasteiger charge is 2.15. The van der Waals surface area contributed by atoms with Crippen LogP contribution in [0.15, 0.2) is 48.7 Å². The Kier molecular flexibility index (Phi) is 5.40. The van der Waals surface area contributed by atoms with Gasteiger partial charge in [-0.1, -0.05) is 31.2 Å². The third-order valence-corrected chi connectivity index (χ3v) is 4.13. The standard InChI is InChI=1S/C22H27N5/c1-6-16-11-9-10-15(2)20(16)25-19-14-18(17-12-7-8-13-23-17)24-21(26-19)27-22(3,4)5/h7-14H,6H2,1-5H3,(H2,24,25,26,27). The molecule has 3 aromatic rings. The second-order valence-corrected chi connectivity index (χ2v) is 7.64. The van der Waals surface area contributed by atoms with Crippen LogP contribution in [-0.4, -0.2) is 20.5 Å². The molecule has 5 heteroatoms. The van der Waals surface area contributed by atoms with E-state index in [0.29, 0.717) is 5.95 Å². The summed E-state index contributed by atoms with van der Waals surface area (Å²) in [5.74, 6) is 1.33. The Morgan fingerprint density at radius 2 is 1.78 bits per heavy atom. The molecule has 140 valence electrons. The Labute approximate surface area is 161 Å². The van der Waals surface area contributed by atoms with Gasteiger partial charge in [-0.2, -0.15) is 4.98 Å². The molecule has 0 radical (unpaired) electrons. The molecule has 0 amide bonds. The van der Waals surface area contributed by atoms with E-state index >= 15 is 0 Å². The number of aromatic nitrogens is 3. The highest BCUT2D eigenvalue weighted by Crippen LogP contribution is 2.27. The van der Waals surface area contributed by atoms with Gasteiger partial charge in [0.15, 0.2) is 0 Å². The maximum atomic E-state index is 4.69. The van der Waals surface area contributed by atoms with Crippen molar-refractivity contribution in [1.82, 2.24) is 15.0 Å². The van der Waals surface area contributed by atoms with Gasteiger partial charge in [-0.15, -0.1) is 0 Å². The molecule has 27 heavy (non-hydrogen) atoms. The van der Waals surface area contributed by atoms with Crippen LogP contribution in [0.3, 0.4) is 0 Å². The van der Waals surface area contributed by atoms with E-state index in [9.17, 15) is 0 Å². The lowest BCUT2D eigenvalue weighted by Gasteiger charge is -2.22. The number of rotatable bonds is 5. The van der Waals surface area contributed by atoms with Crippen molar-refractivity contribution < 1.29 is 0 Å². The Bertz CT molecular complexity index is 914. The molecule has 2 aromatic heterocycles. The molecule has 0 atom stereocenters. The third kappa shape index (κ3) is 4.82. The number of pyridine rings is 1. The minimum atomic E-state index is -0.142. The van der Waals surface area contributed by atoms with E-state index in [4.69, 9.17) is 4.98 Å². The number of hydrogen-bond acceptors (Lipinski definition) is 5. The van der Waals surface area contributed by atoms with Crippen LogP contribution in [-0.2, 0) is 6.42 Å². The van der Waals surface area contributed by atoms with Crippen LogP contribution < -0.4 is 10.6 Å². The number of benzene rings is 1. The number of nitrogens with one attached hydrogen (secondary N) is 2. The van der Waals surface area contributed by atoms with Crippen LogP contribution in [0, 0.1) is 6.92 Å².